The summed E-state index contributed by atoms with van der Waals surface area (Å²) in [4.78, 5) is 2.52. The molecule has 106 valence electrons. The Morgan fingerprint density at radius 3 is 2.53 bits per heavy atom. The molecule has 0 amide bonds. The van der Waals surface area contributed by atoms with E-state index in [4.69, 9.17) is 0 Å². The van der Waals surface area contributed by atoms with E-state index in [0.29, 0.717) is 6.04 Å². The van der Waals surface area contributed by atoms with Gasteiger partial charge in [0.1, 0.15) is 0 Å². The molecule has 19 heavy (non-hydrogen) atoms. The minimum Gasteiger partial charge on any atom is -0.388 e. The molecule has 1 fully saturated rings. The van der Waals surface area contributed by atoms with Crippen LogP contribution in [0, 0.1) is 5.92 Å². The summed E-state index contributed by atoms with van der Waals surface area (Å²) in [5.41, 5.74) is 2.35. The molecule has 1 saturated carbocycles. The molecule has 0 bridgehead atoms. The smallest absolute Gasteiger partial charge is 0.0807 e. The van der Waals surface area contributed by atoms with Crippen molar-refractivity contribution >= 4 is 5.69 Å². The standard InChI is InChI=1S/C17H27NO/c1-4-17(19)15-7-5-6-8-16(15)18(14-9-10-14)12-11-13(2)3/h5-8,13-14,17,19H,4,9-12H2,1-3H3. The van der Waals surface area contributed by atoms with Crippen LogP contribution < -0.4 is 4.90 Å². The van der Waals surface area contributed by atoms with Crippen molar-refractivity contribution in [2.24, 2.45) is 5.92 Å². The average Bonchev–Trinajstić information content (AvgIpc) is 3.23. The first kappa shape index (κ1) is 14.4. The van der Waals surface area contributed by atoms with E-state index in [2.05, 4.69) is 36.9 Å². The van der Waals surface area contributed by atoms with Gasteiger partial charge in [-0.3, -0.25) is 0 Å². The number of aliphatic hydroxyl groups is 1. The van der Waals surface area contributed by atoms with E-state index >= 15 is 0 Å². The molecule has 0 saturated heterocycles. The van der Waals surface area contributed by atoms with Crippen molar-refractivity contribution in [2.75, 3.05) is 11.4 Å². The summed E-state index contributed by atoms with van der Waals surface area (Å²) < 4.78 is 0. The van der Waals surface area contributed by atoms with Crippen LogP contribution in [0.1, 0.15) is 58.1 Å². The molecule has 2 heteroatoms. The highest BCUT2D eigenvalue weighted by atomic mass is 16.3. The van der Waals surface area contributed by atoms with Gasteiger partial charge < -0.3 is 10.0 Å². The highest BCUT2D eigenvalue weighted by Gasteiger charge is 2.30. The van der Waals surface area contributed by atoms with Crippen molar-refractivity contribution in [1.82, 2.24) is 0 Å². The van der Waals surface area contributed by atoms with Crippen LogP contribution in [0.2, 0.25) is 0 Å². The maximum absolute atomic E-state index is 10.2. The van der Waals surface area contributed by atoms with Crippen LogP contribution in [-0.4, -0.2) is 17.7 Å². The topological polar surface area (TPSA) is 23.5 Å². The molecule has 1 aliphatic carbocycles. The van der Waals surface area contributed by atoms with Gasteiger partial charge >= 0.3 is 0 Å². The molecule has 0 aliphatic heterocycles. The van der Waals surface area contributed by atoms with Crippen molar-refractivity contribution in [3.63, 3.8) is 0 Å². The van der Waals surface area contributed by atoms with E-state index in [1.165, 1.54) is 24.9 Å². The summed E-state index contributed by atoms with van der Waals surface area (Å²) in [6.07, 6.45) is 4.26. The third-order valence-electron chi connectivity index (χ3n) is 3.93. The van der Waals surface area contributed by atoms with E-state index in [9.17, 15) is 5.11 Å². The normalized spacial score (nSPS) is 16.7. The zero-order valence-corrected chi connectivity index (χ0v) is 12.5. The maximum atomic E-state index is 10.2. The Morgan fingerprint density at radius 1 is 1.26 bits per heavy atom. The largest absolute Gasteiger partial charge is 0.388 e. The summed E-state index contributed by atoms with van der Waals surface area (Å²) in [6, 6.07) is 9.07. The van der Waals surface area contributed by atoms with Crippen LogP contribution >= 0.6 is 0 Å². The monoisotopic (exact) mass is 261 g/mol. The molecule has 1 atom stereocenters. The Labute approximate surface area is 117 Å². The quantitative estimate of drug-likeness (QED) is 0.797. The molecule has 0 aromatic heterocycles. The van der Waals surface area contributed by atoms with Gasteiger partial charge in [0.05, 0.1) is 6.10 Å². The highest BCUT2D eigenvalue weighted by Crippen LogP contribution is 2.36. The number of hydrogen-bond donors (Lipinski definition) is 1. The first-order valence-electron chi connectivity index (χ1n) is 7.67. The maximum Gasteiger partial charge on any atom is 0.0807 e. The summed E-state index contributed by atoms with van der Waals surface area (Å²) in [6.45, 7) is 7.70. The molecular weight excluding hydrogens is 234 g/mol. The van der Waals surface area contributed by atoms with E-state index in [1.807, 2.05) is 13.0 Å². The van der Waals surface area contributed by atoms with Crippen LogP contribution in [0.5, 0.6) is 0 Å². The zero-order valence-electron chi connectivity index (χ0n) is 12.5. The minimum absolute atomic E-state index is 0.337. The van der Waals surface area contributed by atoms with Crippen LogP contribution in [0.15, 0.2) is 24.3 Å². The molecule has 0 radical (unpaired) electrons. The first-order valence-corrected chi connectivity index (χ1v) is 7.67. The summed E-state index contributed by atoms with van der Waals surface area (Å²) >= 11 is 0. The van der Waals surface area contributed by atoms with Gasteiger partial charge in [0.15, 0.2) is 0 Å². The Kier molecular flexibility index (Phi) is 4.87. The number of nitrogens with zero attached hydrogens (tertiary/aromatic N) is 1. The summed E-state index contributed by atoms with van der Waals surface area (Å²) in [5, 5.41) is 10.2. The van der Waals surface area contributed by atoms with Gasteiger partial charge in [-0.15, -0.1) is 0 Å². The Morgan fingerprint density at radius 2 is 1.95 bits per heavy atom. The van der Waals surface area contributed by atoms with E-state index in [0.717, 1.165) is 24.4 Å². The Hall–Kier alpha value is -1.02. The van der Waals surface area contributed by atoms with Gasteiger partial charge in [0.25, 0.3) is 0 Å². The Balaban J connectivity index is 2.20. The zero-order chi connectivity index (χ0) is 13.8. The van der Waals surface area contributed by atoms with E-state index in [-0.39, 0.29) is 6.10 Å². The predicted octanol–water partition coefficient (Wildman–Crippen LogP) is 4.14. The van der Waals surface area contributed by atoms with Gasteiger partial charge in [-0.05, 0) is 37.7 Å². The third kappa shape index (κ3) is 3.73. The molecule has 1 aromatic carbocycles. The number of hydrogen-bond acceptors (Lipinski definition) is 2. The van der Waals surface area contributed by atoms with Crippen molar-refractivity contribution in [1.29, 1.82) is 0 Å². The second-order valence-electron chi connectivity index (χ2n) is 6.09. The number of anilines is 1. The van der Waals surface area contributed by atoms with E-state index < -0.39 is 0 Å². The number of aliphatic hydroxyl groups excluding tert-OH is 1. The highest BCUT2D eigenvalue weighted by molar-refractivity contribution is 5.56. The lowest BCUT2D eigenvalue weighted by molar-refractivity contribution is 0.174. The van der Waals surface area contributed by atoms with Crippen molar-refractivity contribution in [2.45, 2.75) is 58.6 Å². The lowest BCUT2D eigenvalue weighted by atomic mass is 10.0. The second kappa shape index (κ2) is 6.42. The number of benzene rings is 1. The molecule has 0 spiro atoms. The fourth-order valence-corrected chi connectivity index (χ4v) is 2.53. The average molecular weight is 261 g/mol. The van der Waals surface area contributed by atoms with Gasteiger partial charge in [0, 0.05) is 23.8 Å². The third-order valence-corrected chi connectivity index (χ3v) is 3.93. The first-order chi connectivity index (χ1) is 9.13. The summed E-state index contributed by atoms with van der Waals surface area (Å²) in [5.74, 6) is 0.726. The molecule has 1 unspecified atom stereocenters. The molecule has 1 aliphatic rings. The lowest BCUT2D eigenvalue weighted by Gasteiger charge is -2.29. The molecule has 1 N–H and O–H groups in total. The lowest BCUT2D eigenvalue weighted by Crippen LogP contribution is -2.29. The fraction of sp³-hybridized carbons (Fsp3) is 0.647. The number of rotatable bonds is 7. The van der Waals surface area contributed by atoms with Crippen molar-refractivity contribution in [3.8, 4) is 0 Å². The fourth-order valence-electron chi connectivity index (χ4n) is 2.53. The molecular formula is C17H27NO. The SMILES string of the molecule is CCC(O)c1ccccc1N(CCC(C)C)C1CC1. The van der Waals surface area contributed by atoms with Crippen molar-refractivity contribution < 1.29 is 5.11 Å². The van der Waals surface area contributed by atoms with Crippen LogP contribution in [0.4, 0.5) is 5.69 Å². The van der Waals surface area contributed by atoms with Gasteiger partial charge in [0.2, 0.25) is 0 Å². The van der Waals surface area contributed by atoms with Gasteiger partial charge in [-0.1, -0.05) is 39.0 Å². The molecule has 2 rings (SSSR count). The molecule has 1 aromatic rings. The van der Waals surface area contributed by atoms with Crippen LogP contribution in [0.3, 0.4) is 0 Å². The van der Waals surface area contributed by atoms with Crippen LogP contribution in [-0.2, 0) is 0 Å². The van der Waals surface area contributed by atoms with E-state index in [1.54, 1.807) is 0 Å². The molecule has 0 heterocycles. The predicted molar refractivity (Wildman–Crippen MR) is 81.5 cm³/mol. The minimum atomic E-state index is -0.337. The van der Waals surface area contributed by atoms with Crippen molar-refractivity contribution in [3.05, 3.63) is 29.8 Å². The van der Waals surface area contributed by atoms with Crippen LogP contribution in [0.25, 0.3) is 0 Å². The second-order valence-corrected chi connectivity index (χ2v) is 6.09. The molecule has 2 nitrogen and oxygen atoms in total. The summed E-state index contributed by atoms with van der Waals surface area (Å²) in [7, 11) is 0. The number of para-hydroxylation sites is 1. The Bertz CT molecular complexity index is 398. The van der Waals surface area contributed by atoms with Gasteiger partial charge in [-0.2, -0.15) is 0 Å². The van der Waals surface area contributed by atoms with Gasteiger partial charge in [-0.25, -0.2) is 0 Å².